The second-order valence-electron chi connectivity index (χ2n) is 15.9. The maximum atomic E-state index is 14.3. The predicted molar refractivity (Wildman–Crippen MR) is 210 cm³/mol. The van der Waals surface area contributed by atoms with Crippen molar-refractivity contribution in [3.8, 4) is 5.75 Å². The van der Waals surface area contributed by atoms with Crippen LogP contribution in [0.4, 0.5) is 0 Å². The number of carbonyl (C=O) groups excluding carboxylic acids is 5. The van der Waals surface area contributed by atoms with E-state index in [-0.39, 0.29) is 85.1 Å². The quantitative estimate of drug-likeness (QED) is 0.167. The number of methoxy groups -OCH3 is 3. The van der Waals surface area contributed by atoms with E-state index in [0.717, 1.165) is 6.42 Å². The number of nitrogens with zero attached hydrogens (tertiary/aromatic N) is 3. The number of hydrogen-bond donors (Lipinski definition) is 2. The fourth-order valence-electron chi connectivity index (χ4n) is 8.05. The third-order valence-corrected chi connectivity index (χ3v) is 11.2. The van der Waals surface area contributed by atoms with Crippen molar-refractivity contribution >= 4 is 29.3 Å². The van der Waals surface area contributed by atoms with Gasteiger partial charge in [0.2, 0.25) is 17.7 Å². The first-order chi connectivity index (χ1) is 25.3. The van der Waals surface area contributed by atoms with E-state index >= 15 is 0 Å². The van der Waals surface area contributed by atoms with Crippen LogP contribution in [0.15, 0.2) is 24.3 Å². The average molecular weight is 760 g/mol. The van der Waals surface area contributed by atoms with Gasteiger partial charge in [0.15, 0.2) is 11.6 Å². The van der Waals surface area contributed by atoms with Crippen LogP contribution in [0.1, 0.15) is 84.5 Å². The minimum Gasteiger partial charge on any atom is -0.497 e. The van der Waals surface area contributed by atoms with Gasteiger partial charge < -0.3 is 35.1 Å². The Hall–Kier alpha value is -3.39. The summed E-state index contributed by atoms with van der Waals surface area (Å²) in [7, 11) is 10.1. The maximum Gasteiger partial charge on any atom is 0.226 e. The summed E-state index contributed by atoms with van der Waals surface area (Å²) in [5, 5.41) is 2.73. The minimum atomic E-state index is -0.716. The zero-order valence-corrected chi connectivity index (χ0v) is 35.1. The molecule has 1 aliphatic heterocycles. The van der Waals surface area contributed by atoms with Crippen molar-refractivity contribution in [2.24, 2.45) is 35.3 Å². The fourth-order valence-corrected chi connectivity index (χ4v) is 8.05. The van der Waals surface area contributed by atoms with Crippen molar-refractivity contribution in [3.05, 3.63) is 29.8 Å². The van der Waals surface area contributed by atoms with Gasteiger partial charge in [0, 0.05) is 51.8 Å². The minimum absolute atomic E-state index is 0.0280. The number of likely N-dealkylation sites (tertiary alicyclic amines) is 1. The predicted octanol–water partition coefficient (Wildman–Crippen LogP) is 3.67. The highest BCUT2D eigenvalue weighted by Gasteiger charge is 2.45. The number of nitrogens with two attached hydrogens (primary N) is 1. The largest absolute Gasteiger partial charge is 0.497 e. The van der Waals surface area contributed by atoms with Crippen molar-refractivity contribution in [2.45, 2.75) is 111 Å². The highest BCUT2D eigenvalue weighted by Crippen LogP contribution is 2.31. The Morgan fingerprint density at radius 1 is 0.944 bits per heavy atom. The molecule has 0 unspecified atom stereocenters. The molecule has 1 aliphatic rings. The molecule has 2 rings (SSSR count). The highest BCUT2D eigenvalue weighted by atomic mass is 16.5. The monoisotopic (exact) mass is 760 g/mol. The van der Waals surface area contributed by atoms with E-state index < -0.39 is 36.1 Å². The molecule has 13 nitrogen and oxygen atoms in total. The summed E-state index contributed by atoms with van der Waals surface area (Å²) >= 11 is 0. The molecule has 0 aliphatic carbocycles. The first-order valence-electron chi connectivity index (χ1n) is 19.4. The lowest BCUT2D eigenvalue weighted by Gasteiger charge is -2.41. The number of nitrogens with one attached hydrogen (secondary N) is 1. The number of hydrogen-bond acceptors (Lipinski definition) is 10. The lowest BCUT2D eigenvalue weighted by molar-refractivity contribution is -0.149. The van der Waals surface area contributed by atoms with Gasteiger partial charge in [-0.25, -0.2) is 0 Å². The van der Waals surface area contributed by atoms with E-state index in [1.807, 2.05) is 60.5 Å². The normalized spacial score (nSPS) is 19.9. The molecule has 54 heavy (non-hydrogen) atoms. The Bertz CT molecular complexity index is 1390. The first-order valence-corrected chi connectivity index (χ1v) is 19.4. The van der Waals surface area contributed by atoms with Gasteiger partial charge in [-0.3, -0.25) is 28.9 Å². The molecule has 13 heteroatoms. The van der Waals surface area contributed by atoms with Crippen molar-refractivity contribution in [1.82, 2.24) is 20.0 Å². The Morgan fingerprint density at radius 3 is 2.11 bits per heavy atom. The van der Waals surface area contributed by atoms with E-state index in [1.165, 1.54) is 14.2 Å². The van der Waals surface area contributed by atoms with Gasteiger partial charge in [0.1, 0.15) is 5.75 Å². The number of amides is 3. The Kier molecular flexibility index (Phi) is 18.7. The molecular weight excluding hydrogens is 690 g/mol. The molecule has 3 N–H and O–H groups in total. The molecule has 3 amide bonds. The average Bonchev–Trinajstić information content (AvgIpc) is 3.52. The van der Waals surface area contributed by atoms with Gasteiger partial charge in [0.25, 0.3) is 0 Å². The molecule has 0 radical (unpaired) electrons. The van der Waals surface area contributed by atoms with E-state index in [9.17, 15) is 24.0 Å². The van der Waals surface area contributed by atoms with Gasteiger partial charge >= 0.3 is 0 Å². The maximum absolute atomic E-state index is 14.3. The molecule has 0 saturated carbocycles. The lowest BCUT2D eigenvalue weighted by atomic mass is 9.83. The van der Waals surface area contributed by atoms with Crippen molar-refractivity contribution in [3.63, 3.8) is 0 Å². The van der Waals surface area contributed by atoms with Gasteiger partial charge in [0.05, 0.1) is 56.3 Å². The van der Waals surface area contributed by atoms with E-state index in [2.05, 4.69) is 5.32 Å². The highest BCUT2D eigenvalue weighted by molar-refractivity contribution is 5.99. The molecule has 1 fully saturated rings. The Morgan fingerprint density at radius 2 is 1.59 bits per heavy atom. The summed E-state index contributed by atoms with van der Waals surface area (Å²) in [4.78, 5) is 73.5. The first kappa shape index (κ1) is 46.8. The van der Waals surface area contributed by atoms with Gasteiger partial charge in [-0.1, -0.05) is 67.0 Å². The van der Waals surface area contributed by atoms with Crippen LogP contribution in [0.2, 0.25) is 0 Å². The number of benzene rings is 1. The standard InChI is InChI=1S/C41H69N5O8/c1-14-26(6)38(45(10)41(51)31(24(2)3)20-33(47)37(25(4)5)44(8)9)35(53-12)21-36(49)46-23-29(42)19-32(46)39(54-13)27(7)40(50)43-22-34(48)28-16-15-17-30(18-28)52-11/h15-18,24-27,29,31-32,35,37-39H,14,19-23,42H2,1-13H3,(H,43,50)/t26-,27+,29-,31-,32-,35+,37-,38-,39+/m0/s1. The number of ketones is 2. The van der Waals surface area contributed by atoms with Crippen LogP contribution in [-0.4, -0.2) is 136 Å². The number of Topliss-reactive ketones (excluding diaryl/α,β-unsaturated/α-hetero) is 2. The molecule has 0 spiro atoms. The van der Waals surface area contributed by atoms with E-state index in [1.54, 1.807) is 55.1 Å². The van der Waals surface area contributed by atoms with Crippen LogP contribution in [-0.2, 0) is 28.7 Å². The molecule has 0 bridgehead atoms. The van der Waals surface area contributed by atoms with Crippen molar-refractivity contribution in [2.75, 3.05) is 55.6 Å². The van der Waals surface area contributed by atoms with Crippen LogP contribution in [0.25, 0.3) is 0 Å². The molecule has 1 saturated heterocycles. The number of likely N-dealkylation sites (N-methyl/N-ethyl adjacent to an activating group) is 2. The van der Waals surface area contributed by atoms with Gasteiger partial charge in [-0.05, 0) is 50.4 Å². The van der Waals surface area contributed by atoms with Crippen LogP contribution in [0.3, 0.4) is 0 Å². The number of ether oxygens (including phenoxy) is 3. The SMILES string of the molecule is CC[C@H](C)[C@@H]([C@@H](CC(=O)N1C[C@@H](N)C[C@H]1[C@H](OC)[C@@H](C)C(=O)NCC(=O)c1cccc(OC)c1)OC)N(C)C(=O)[C@@H](CC(=O)[C@H](C(C)C)N(C)C)C(C)C. The fraction of sp³-hybridized carbons (Fsp3) is 0.732. The molecule has 0 aromatic heterocycles. The Balaban J connectivity index is 2.27. The van der Waals surface area contributed by atoms with Crippen LogP contribution in [0.5, 0.6) is 5.75 Å². The summed E-state index contributed by atoms with van der Waals surface area (Å²) in [5.74, 6) is -1.73. The van der Waals surface area contributed by atoms with Gasteiger partial charge in [-0.15, -0.1) is 0 Å². The van der Waals surface area contributed by atoms with Crippen molar-refractivity contribution in [1.29, 1.82) is 0 Å². The number of carbonyl (C=O) groups is 5. The molecule has 9 atom stereocenters. The summed E-state index contributed by atoms with van der Waals surface area (Å²) in [5.41, 5.74) is 6.84. The topological polar surface area (TPSA) is 161 Å². The zero-order chi connectivity index (χ0) is 41.0. The summed E-state index contributed by atoms with van der Waals surface area (Å²) in [6.07, 6.45) is -0.113. The smallest absolute Gasteiger partial charge is 0.226 e. The molecule has 306 valence electrons. The molecule has 1 heterocycles. The lowest BCUT2D eigenvalue weighted by Crippen LogP contribution is -2.54. The van der Waals surface area contributed by atoms with Crippen LogP contribution in [0, 0.1) is 29.6 Å². The van der Waals surface area contributed by atoms with Gasteiger partial charge in [-0.2, -0.15) is 0 Å². The van der Waals surface area contributed by atoms with Crippen molar-refractivity contribution < 1.29 is 38.2 Å². The second kappa shape index (κ2) is 21.6. The van der Waals surface area contributed by atoms with E-state index in [0.29, 0.717) is 17.7 Å². The summed E-state index contributed by atoms with van der Waals surface area (Å²) in [6.45, 7) is 13.8. The molecular formula is C41H69N5O8. The zero-order valence-electron chi connectivity index (χ0n) is 35.1. The number of rotatable bonds is 22. The summed E-state index contributed by atoms with van der Waals surface area (Å²) < 4.78 is 17.1. The Labute approximate surface area is 324 Å². The summed E-state index contributed by atoms with van der Waals surface area (Å²) in [6, 6.07) is 5.12. The van der Waals surface area contributed by atoms with Crippen LogP contribution < -0.4 is 15.8 Å². The van der Waals surface area contributed by atoms with E-state index in [4.69, 9.17) is 19.9 Å². The second-order valence-corrected chi connectivity index (χ2v) is 15.9. The molecule has 1 aromatic rings. The van der Waals surface area contributed by atoms with Crippen LogP contribution >= 0.6 is 0 Å². The third-order valence-electron chi connectivity index (χ3n) is 11.2. The molecule has 1 aromatic carbocycles. The third kappa shape index (κ3) is 12.1.